The van der Waals surface area contributed by atoms with Gasteiger partial charge in [0.1, 0.15) is 6.61 Å². The Balaban J connectivity index is 1.21. The number of imide groups is 1. The van der Waals surface area contributed by atoms with E-state index in [-0.39, 0.29) is 42.1 Å². The van der Waals surface area contributed by atoms with Crippen molar-refractivity contribution >= 4 is 45.6 Å². The van der Waals surface area contributed by atoms with Gasteiger partial charge in [-0.15, -0.1) is 0 Å². The molecule has 0 spiro atoms. The molecule has 1 saturated heterocycles. The summed E-state index contributed by atoms with van der Waals surface area (Å²) in [6.07, 6.45) is 6.97. The van der Waals surface area contributed by atoms with Crippen molar-refractivity contribution in [1.29, 1.82) is 0 Å². The van der Waals surface area contributed by atoms with Crippen LogP contribution in [0.3, 0.4) is 0 Å². The quantitative estimate of drug-likeness (QED) is 0.291. The lowest BCUT2D eigenvalue weighted by molar-refractivity contribution is -0.140. The number of nitrogens with zero attached hydrogens (tertiary/aromatic N) is 2. The van der Waals surface area contributed by atoms with E-state index in [9.17, 15) is 9.59 Å². The molecule has 7 rings (SSSR count). The second-order valence-corrected chi connectivity index (χ2v) is 10.6. The van der Waals surface area contributed by atoms with Crippen LogP contribution in [0, 0.1) is 35.5 Å². The Morgan fingerprint density at radius 2 is 1.79 bits per heavy atom. The Kier molecular flexibility index (Phi) is 5.30. The zero-order valence-electron chi connectivity index (χ0n) is 18.4. The first-order valence-electron chi connectivity index (χ1n) is 11.3. The fourth-order valence-corrected chi connectivity index (χ4v) is 6.66. The van der Waals surface area contributed by atoms with Crippen molar-refractivity contribution in [2.75, 3.05) is 7.11 Å². The van der Waals surface area contributed by atoms with Gasteiger partial charge in [0, 0.05) is 10.6 Å². The van der Waals surface area contributed by atoms with Crippen molar-refractivity contribution in [2.24, 2.45) is 40.6 Å². The number of hydrazone groups is 1. The number of carbonyl (C=O) groups excluding carboxylic acids is 2. The minimum Gasteiger partial charge on any atom is -0.493 e. The predicted molar refractivity (Wildman–Crippen MR) is 131 cm³/mol. The topological polar surface area (TPSA) is 68.2 Å². The number of hydrogen-bond donors (Lipinski definition) is 0. The maximum absolute atomic E-state index is 13.1. The summed E-state index contributed by atoms with van der Waals surface area (Å²) in [5.74, 6) is 1.64. The van der Waals surface area contributed by atoms with Crippen molar-refractivity contribution in [3.05, 3.63) is 69.2 Å². The maximum atomic E-state index is 13.1. The number of amides is 2. The van der Waals surface area contributed by atoms with Crippen molar-refractivity contribution in [3.63, 3.8) is 0 Å². The van der Waals surface area contributed by atoms with Crippen LogP contribution in [-0.4, -0.2) is 30.1 Å². The largest absolute Gasteiger partial charge is 0.493 e. The molecule has 1 aliphatic heterocycles. The van der Waals surface area contributed by atoms with Crippen molar-refractivity contribution in [2.45, 2.75) is 13.0 Å². The van der Waals surface area contributed by atoms with Gasteiger partial charge in [-0.1, -0.05) is 42.0 Å². The minimum absolute atomic E-state index is 0.179. The number of methoxy groups -OCH3 is 1. The number of rotatable bonds is 6. The normalized spacial score (nSPS) is 30.6. The Bertz CT molecular complexity index is 1230. The average molecular weight is 542 g/mol. The van der Waals surface area contributed by atoms with Gasteiger partial charge in [-0.2, -0.15) is 10.1 Å². The maximum Gasteiger partial charge on any atom is 0.254 e. The summed E-state index contributed by atoms with van der Waals surface area (Å²) in [6.45, 7) is 0.278. The number of ether oxygens (including phenoxy) is 2. The van der Waals surface area contributed by atoms with Gasteiger partial charge >= 0.3 is 0 Å². The molecule has 2 bridgehead atoms. The zero-order chi connectivity index (χ0) is 23.6. The smallest absolute Gasteiger partial charge is 0.254 e. The molecule has 2 amide bonds. The molecule has 5 aliphatic rings. The fourth-order valence-electron chi connectivity index (χ4n) is 5.90. The SMILES string of the molecule is COc1cc(/C=N\N2C(=O)[C@@H]3[C@@H]4C=C[C@H]([C@@H]5C[C@H]45)[C@H]3C2=O)cc(Br)c1OCc1ccccc1Cl. The van der Waals surface area contributed by atoms with Gasteiger partial charge in [-0.25, -0.2) is 0 Å². The van der Waals surface area contributed by atoms with E-state index in [0.717, 1.165) is 17.0 Å². The molecule has 1 heterocycles. The summed E-state index contributed by atoms with van der Waals surface area (Å²) in [6, 6.07) is 11.1. The zero-order valence-corrected chi connectivity index (χ0v) is 20.7. The second kappa shape index (κ2) is 8.24. The van der Waals surface area contributed by atoms with E-state index in [1.807, 2.05) is 30.3 Å². The van der Waals surface area contributed by atoms with Crippen LogP contribution in [0.25, 0.3) is 0 Å². The third kappa shape index (κ3) is 3.40. The van der Waals surface area contributed by atoms with E-state index < -0.39 is 0 Å². The Labute approximate surface area is 210 Å². The van der Waals surface area contributed by atoms with Crippen LogP contribution < -0.4 is 9.47 Å². The van der Waals surface area contributed by atoms with Gasteiger partial charge in [0.25, 0.3) is 11.8 Å². The van der Waals surface area contributed by atoms with Crippen LogP contribution in [0.5, 0.6) is 11.5 Å². The number of hydrogen-bond acceptors (Lipinski definition) is 5. The summed E-state index contributed by atoms with van der Waals surface area (Å²) in [4.78, 5) is 26.2. The third-order valence-electron chi connectivity index (χ3n) is 7.54. The van der Waals surface area contributed by atoms with Gasteiger partial charge in [0.05, 0.1) is 29.6 Å². The van der Waals surface area contributed by atoms with Crippen LogP contribution in [0.2, 0.25) is 5.02 Å². The summed E-state index contributed by atoms with van der Waals surface area (Å²) < 4.78 is 12.2. The summed E-state index contributed by atoms with van der Waals surface area (Å²) in [7, 11) is 1.55. The van der Waals surface area contributed by atoms with Crippen LogP contribution >= 0.6 is 27.5 Å². The third-order valence-corrected chi connectivity index (χ3v) is 8.50. The lowest BCUT2D eigenvalue weighted by Gasteiger charge is -2.37. The number of carbonyl (C=O) groups is 2. The first-order valence-corrected chi connectivity index (χ1v) is 12.5. The molecular formula is C26H22BrClN2O4. The molecule has 0 N–H and O–H groups in total. The molecule has 2 saturated carbocycles. The first kappa shape index (κ1) is 21.9. The van der Waals surface area contributed by atoms with Gasteiger partial charge in [-0.3, -0.25) is 9.59 Å². The van der Waals surface area contributed by atoms with Gasteiger partial charge < -0.3 is 9.47 Å². The van der Waals surface area contributed by atoms with Crippen molar-refractivity contribution in [1.82, 2.24) is 5.01 Å². The van der Waals surface area contributed by atoms with Crippen LogP contribution in [-0.2, 0) is 16.2 Å². The molecule has 2 aromatic rings. The Morgan fingerprint density at radius 1 is 1.12 bits per heavy atom. The summed E-state index contributed by atoms with van der Waals surface area (Å²) in [5, 5.41) is 6.02. The highest BCUT2D eigenvalue weighted by Gasteiger charge is 2.67. The van der Waals surface area contributed by atoms with E-state index in [4.69, 9.17) is 21.1 Å². The highest BCUT2D eigenvalue weighted by atomic mass is 79.9. The van der Waals surface area contributed by atoms with E-state index in [1.165, 1.54) is 6.21 Å². The van der Waals surface area contributed by atoms with E-state index in [2.05, 4.69) is 33.2 Å². The number of allylic oxidation sites excluding steroid dienone is 2. The molecule has 0 aromatic heterocycles. The van der Waals surface area contributed by atoms with Crippen LogP contribution in [0.4, 0.5) is 0 Å². The highest BCUT2D eigenvalue weighted by molar-refractivity contribution is 9.10. The molecule has 0 radical (unpaired) electrons. The average Bonchev–Trinajstić information content (AvgIpc) is 3.62. The predicted octanol–water partition coefficient (Wildman–Crippen LogP) is 5.08. The molecule has 0 unspecified atom stereocenters. The van der Waals surface area contributed by atoms with Gasteiger partial charge in [0.2, 0.25) is 0 Å². The van der Waals surface area contributed by atoms with Crippen LogP contribution in [0.15, 0.2) is 58.1 Å². The Hall–Kier alpha value is -2.64. The van der Waals surface area contributed by atoms with E-state index in [1.54, 1.807) is 13.2 Å². The minimum atomic E-state index is -0.259. The molecule has 6 nitrogen and oxygen atoms in total. The number of halogens is 2. The molecule has 2 aromatic carbocycles. The summed E-state index contributed by atoms with van der Waals surface area (Å²) >= 11 is 9.77. The fraction of sp³-hybridized carbons (Fsp3) is 0.346. The lowest BCUT2D eigenvalue weighted by Crippen LogP contribution is -2.40. The van der Waals surface area contributed by atoms with E-state index in [0.29, 0.717) is 38.4 Å². The first-order chi connectivity index (χ1) is 16.5. The molecule has 4 aliphatic carbocycles. The molecule has 8 heteroatoms. The molecule has 3 fully saturated rings. The van der Waals surface area contributed by atoms with E-state index >= 15 is 0 Å². The standard InChI is InChI=1S/C26H22BrClN2O4/c1-33-21-9-13(8-19(27)24(21)34-12-14-4-2-3-5-20(14)28)11-29-30-25(31)22-15-6-7-16(18-10-17(15)18)23(22)26(30)32/h2-9,11,15-18,22-23H,10,12H2,1H3/b29-11-/t15-,16-,17-,18+,22-,23-/m1/s1. The van der Waals surface area contributed by atoms with Crippen LogP contribution in [0.1, 0.15) is 17.5 Å². The summed E-state index contributed by atoms with van der Waals surface area (Å²) in [5.41, 5.74) is 1.53. The van der Waals surface area contributed by atoms with Crippen molar-refractivity contribution in [3.8, 4) is 11.5 Å². The monoisotopic (exact) mass is 540 g/mol. The van der Waals surface area contributed by atoms with Gasteiger partial charge in [0.15, 0.2) is 11.5 Å². The van der Waals surface area contributed by atoms with Crippen molar-refractivity contribution < 1.29 is 19.1 Å². The molecule has 174 valence electrons. The molecular weight excluding hydrogens is 520 g/mol. The van der Waals surface area contributed by atoms with Gasteiger partial charge in [-0.05, 0) is 69.8 Å². The second-order valence-electron chi connectivity index (χ2n) is 9.30. The number of benzene rings is 2. The highest BCUT2D eigenvalue weighted by Crippen LogP contribution is 2.65. The lowest BCUT2D eigenvalue weighted by atomic mass is 9.63. The Morgan fingerprint density at radius 3 is 2.44 bits per heavy atom. The molecule has 34 heavy (non-hydrogen) atoms. The molecule has 6 atom stereocenters.